The highest BCUT2D eigenvalue weighted by atomic mass is 19.1. The Balaban J connectivity index is 0.839. The van der Waals surface area contributed by atoms with Crippen molar-refractivity contribution in [3.05, 3.63) is 95.9 Å². The predicted molar refractivity (Wildman–Crippen MR) is 232 cm³/mol. The minimum atomic E-state index is -2.37. The average Bonchev–Trinajstić information content (AvgIpc) is 3.94. The number of halogens is 2. The monoisotopic (exact) mass is 895 g/mol. The molecule has 65 heavy (non-hydrogen) atoms. The van der Waals surface area contributed by atoms with Gasteiger partial charge in [-0.3, -0.25) is 29.0 Å². The number of esters is 2. The molecule has 3 aromatic rings. The van der Waals surface area contributed by atoms with Gasteiger partial charge in [0.05, 0.1) is 30.0 Å². The van der Waals surface area contributed by atoms with E-state index >= 15 is 8.78 Å². The van der Waals surface area contributed by atoms with Gasteiger partial charge in [-0.25, -0.2) is 8.78 Å². The molecule has 2 aromatic carbocycles. The summed E-state index contributed by atoms with van der Waals surface area (Å²) in [6.45, 7) is 5.79. The Morgan fingerprint density at radius 2 is 1.69 bits per heavy atom. The van der Waals surface area contributed by atoms with Gasteiger partial charge in [0.2, 0.25) is 11.7 Å². The van der Waals surface area contributed by atoms with Crippen LogP contribution in [-0.2, 0) is 49.5 Å². The first-order chi connectivity index (χ1) is 30.8. The molecule has 4 saturated carbocycles. The van der Waals surface area contributed by atoms with Crippen molar-refractivity contribution >= 4 is 45.9 Å². The van der Waals surface area contributed by atoms with Crippen LogP contribution in [0.15, 0.2) is 84.7 Å². The van der Waals surface area contributed by atoms with Gasteiger partial charge >= 0.3 is 11.9 Å². The van der Waals surface area contributed by atoms with E-state index in [2.05, 4.69) is 10.3 Å². The van der Waals surface area contributed by atoms with Crippen LogP contribution in [0.3, 0.4) is 0 Å². The lowest BCUT2D eigenvalue weighted by Gasteiger charge is -2.63. The summed E-state index contributed by atoms with van der Waals surface area (Å²) >= 11 is 0. The lowest BCUT2D eigenvalue weighted by atomic mass is 9.44. The number of Topliss-reactive ketones (excluding diaryl/α,β-unsaturated/α-hetero) is 1. The van der Waals surface area contributed by atoms with Crippen LogP contribution < -0.4 is 11.1 Å². The minimum absolute atomic E-state index is 0.00461. The van der Waals surface area contributed by atoms with Crippen LogP contribution in [0, 0.1) is 34.5 Å². The fraction of sp³-hybridized carbons (Fsp3) is 0.520. The van der Waals surface area contributed by atoms with Gasteiger partial charge in [0, 0.05) is 46.8 Å². The van der Waals surface area contributed by atoms with Crippen molar-refractivity contribution in [3.63, 3.8) is 0 Å². The minimum Gasteiger partial charge on any atom is -0.461 e. The van der Waals surface area contributed by atoms with Gasteiger partial charge < -0.3 is 35.1 Å². The van der Waals surface area contributed by atoms with E-state index in [9.17, 15) is 29.1 Å². The number of hydrogen-bond acceptors (Lipinski definition) is 12. The van der Waals surface area contributed by atoms with Crippen molar-refractivity contribution in [1.82, 2.24) is 4.98 Å². The number of carbonyl (C=O) groups excluding carboxylic acids is 5. The summed E-state index contributed by atoms with van der Waals surface area (Å²) in [5, 5.41) is 16.7. The van der Waals surface area contributed by atoms with Crippen LogP contribution in [0.25, 0.3) is 10.8 Å². The number of benzene rings is 2. The molecular formula is C50H55F2N3O10. The summed E-state index contributed by atoms with van der Waals surface area (Å²) in [5.41, 5.74) is 0.980. The van der Waals surface area contributed by atoms with Gasteiger partial charge in [0.25, 0.3) is 0 Å². The number of nitrogens with two attached hydrogens (primary N) is 1. The Morgan fingerprint density at radius 3 is 2.42 bits per heavy atom. The molecule has 1 amide bonds. The molecule has 0 spiro atoms. The number of ketones is 2. The number of fused-ring (bicyclic) bond motifs is 8. The van der Waals surface area contributed by atoms with Crippen LogP contribution >= 0.6 is 0 Å². The number of hydrogen-bond donors (Lipinski definition) is 3. The molecule has 344 valence electrons. The first-order valence-corrected chi connectivity index (χ1v) is 22.5. The quantitative estimate of drug-likeness (QED) is 0.182. The molecule has 2 heterocycles. The number of aliphatic hydroxyl groups is 1. The molecule has 1 saturated heterocycles. The van der Waals surface area contributed by atoms with E-state index in [1.54, 1.807) is 63.5 Å². The molecule has 2 unspecified atom stereocenters. The number of rotatable bonds is 11. The largest absolute Gasteiger partial charge is 0.461 e. The van der Waals surface area contributed by atoms with Gasteiger partial charge in [-0.15, -0.1) is 0 Å². The van der Waals surface area contributed by atoms with Crippen molar-refractivity contribution in [2.45, 2.75) is 114 Å². The maximum Gasteiger partial charge on any atom is 0.310 e. The van der Waals surface area contributed by atoms with Crippen molar-refractivity contribution in [2.75, 3.05) is 18.5 Å². The first-order valence-electron chi connectivity index (χ1n) is 22.5. The van der Waals surface area contributed by atoms with E-state index in [0.29, 0.717) is 36.1 Å². The molecule has 0 radical (unpaired) electrons. The lowest BCUT2D eigenvalue weighted by molar-refractivity contribution is -0.249. The summed E-state index contributed by atoms with van der Waals surface area (Å²) in [5.74, 6) is -8.03. The number of carbonyl (C=O) groups is 5. The number of pyridine rings is 1. The van der Waals surface area contributed by atoms with E-state index in [4.69, 9.17) is 24.7 Å². The summed E-state index contributed by atoms with van der Waals surface area (Å²) in [7, 11) is 0. The molecule has 4 N–H and O–H groups in total. The topological polar surface area (TPSA) is 193 Å². The third kappa shape index (κ3) is 7.15. The van der Waals surface area contributed by atoms with Gasteiger partial charge in [-0.05, 0) is 111 Å². The van der Waals surface area contributed by atoms with E-state index < -0.39 is 106 Å². The third-order valence-corrected chi connectivity index (χ3v) is 15.7. The summed E-state index contributed by atoms with van der Waals surface area (Å²) in [4.78, 5) is 71.5. The second-order valence-electron chi connectivity index (χ2n) is 19.7. The van der Waals surface area contributed by atoms with E-state index in [0.717, 1.165) is 16.8 Å². The van der Waals surface area contributed by atoms with Gasteiger partial charge in [0.15, 0.2) is 29.4 Å². The number of allylic oxidation sites excluding steroid dienone is 4. The number of nitrogens with zero attached hydrogens (tertiary/aromatic N) is 1. The van der Waals surface area contributed by atoms with Crippen LogP contribution in [0.1, 0.15) is 83.3 Å². The molecule has 15 heteroatoms. The number of amides is 1. The van der Waals surface area contributed by atoms with E-state index in [-0.39, 0.29) is 43.9 Å². The smallest absolute Gasteiger partial charge is 0.310 e. The molecule has 1 aromatic heterocycles. The van der Waals surface area contributed by atoms with Crippen molar-refractivity contribution < 1.29 is 56.8 Å². The van der Waals surface area contributed by atoms with Crippen molar-refractivity contribution in [3.8, 4) is 0 Å². The van der Waals surface area contributed by atoms with E-state index in [1.807, 2.05) is 18.2 Å². The Kier molecular flexibility index (Phi) is 11.3. The Bertz CT molecular complexity index is 2510. The second-order valence-corrected chi connectivity index (χ2v) is 19.7. The number of aliphatic hydroxyl groups excluding tert-OH is 1. The zero-order chi connectivity index (χ0) is 46.3. The molecular weight excluding hydrogens is 841 g/mol. The Labute approximate surface area is 375 Å². The first kappa shape index (κ1) is 45.0. The zero-order valence-electron chi connectivity index (χ0n) is 36.9. The van der Waals surface area contributed by atoms with Crippen LogP contribution in [0.5, 0.6) is 0 Å². The normalized spacial score (nSPS) is 35.8. The Hall–Kier alpha value is -5.22. The average molecular weight is 896 g/mol. The summed E-state index contributed by atoms with van der Waals surface area (Å²) < 4.78 is 58.2. The fourth-order valence-corrected chi connectivity index (χ4v) is 12.6. The van der Waals surface area contributed by atoms with Crippen LogP contribution in [0.2, 0.25) is 0 Å². The van der Waals surface area contributed by atoms with Crippen molar-refractivity contribution in [2.24, 2.45) is 40.2 Å². The van der Waals surface area contributed by atoms with Crippen molar-refractivity contribution in [1.29, 1.82) is 0 Å². The second kappa shape index (κ2) is 16.3. The number of aromatic nitrogens is 1. The Morgan fingerprint density at radius 1 is 0.969 bits per heavy atom. The maximum absolute atomic E-state index is 17.8. The molecule has 1 aliphatic heterocycles. The predicted octanol–water partition coefficient (Wildman–Crippen LogP) is 6.31. The number of ether oxygens (including phenoxy) is 4. The summed E-state index contributed by atoms with van der Waals surface area (Å²) in [6.07, 6.45) is 3.71. The molecule has 6 aliphatic rings. The third-order valence-electron chi connectivity index (χ3n) is 15.7. The highest BCUT2D eigenvalue weighted by Crippen LogP contribution is 2.72. The van der Waals surface area contributed by atoms with Gasteiger partial charge in [0.1, 0.15) is 12.8 Å². The number of alkyl halides is 2. The molecule has 13 nitrogen and oxygen atoms in total. The van der Waals surface area contributed by atoms with E-state index in [1.165, 1.54) is 19.1 Å². The molecule has 0 bridgehead atoms. The SMILES string of the molecule is CC1(C)O[C@@H]2C[C@H]3[C@@H]4C[C@H](F)C5=CC(=O)C=C[C@]5(C)[C@@]4(F)[C@@H](O)C[C@]3(C)[C@]2(C(=O)COC(=O)C2CCCC2C(=O)OCc2ccc([C@@H](CN)C(=O)Nc3ccc4cnccc4c3)cc2)O1. The molecule has 5 aliphatic carbocycles. The molecule has 5 fully saturated rings. The molecule has 12 atom stereocenters. The fourth-order valence-electron chi connectivity index (χ4n) is 12.6. The number of anilines is 1. The number of nitrogens with one attached hydrogen (secondary N) is 1. The van der Waals surface area contributed by atoms with Gasteiger partial charge in [-0.1, -0.05) is 49.8 Å². The lowest BCUT2D eigenvalue weighted by Crippen LogP contribution is -2.71. The standard InChI is InChI=1S/C50H55F2N3O10/c1-46(2)64-42-21-36-37-20-39(51)38-19-32(56)14-16-47(38,3)49(37,52)40(57)22-48(36,4)50(42,65-46)41(58)26-63-45(61)34-7-5-6-33(34)44(60)62-25-27-8-10-28(11-9-27)35(23-53)43(59)55-31-13-12-30-24-54-17-15-29(30)18-31/h8-19,24,33-37,39-40,42,57H,5-7,20-23,25-26,53H2,1-4H3,(H,55,59)/t33?,34?,35-,36+,37+,39+,40+,42-,47+,48+,49+,50-/m1/s1. The maximum atomic E-state index is 17.8. The molecule has 9 rings (SSSR count). The summed E-state index contributed by atoms with van der Waals surface area (Å²) in [6, 6.07) is 14.4. The van der Waals surface area contributed by atoms with Crippen LogP contribution in [0.4, 0.5) is 14.5 Å². The highest BCUT2D eigenvalue weighted by Gasteiger charge is 2.80. The van der Waals surface area contributed by atoms with Gasteiger partial charge in [-0.2, -0.15) is 0 Å². The zero-order valence-corrected chi connectivity index (χ0v) is 36.9. The van der Waals surface area contributed by atoms with Crippen LogP contribution in [-0.4, -0.2) is 88.1 Å². The highest BCUT2D eigenvalue weighted by molar-refractivity contribution is 6.01.